The number of amides is 2. The van der Waals surface area contributed by atoms with Crippen LogP contribution in [0.15, 0.2) is 0 Å². The smallest absolute Gasteiger partial charge is 0.326 e. The van der Waals surface area contributed by atoms with Gasteiger partial charge in [0.1, 0.15) is 6.04 Å². The Morgan fingerprint density at radius 1 is 1.28 bits per heavy atom. The zero-order valence-corrected chi connectivity index (χ0v) is 10.9. The van der Waals surface area contributed by atoms with Crippen LogP contribution in [-0.2, 0) is 4.79 Å². The first-order valence-corrected chi connectivity index (χ1v) is 6.90. The van der Waals surface area contributed by atoms with Crippen LogP contribution in [0.1, 0.15) is 39.0 Å². The van der Waals surface area contributed by atoms with Crippen molar-refractivity contribution >= 4 is 12.0 Å². The number of carbonyl (C=O) groups is 2. The Hall–Kier alpha value is -1.26. The van der Waals surface area contributed by atoms with Gasteiger partial charge in [-0.15, -0.1) is 0 Å². The van der Waals surface area contributed by atoms with E-state index in [2.05, 4.69) is 12.2 Å². The second kappa shape index (κ2) is 5.59. The summed E-state index contributed by atoms with van der Waals surface area (Å²) in [5.41, 5.74) is 0. The van der Waals surface area contributed by atoms with Gasteiger partial charge in [0.15, 0.2) is 0 Å². The Labute approximate surface area is 108 Å². The van der Waals surface area contributed by atoms with Gasteiger partial charge in [-0.05, 0) is 37.5 Å². The summed E-state index contributed by atoms with van der Waals surface area (Å²) in [7, 11) is 0. The third-order valence-corrected chi connectivity index (χ3v) is 4.12. The van der Waals surface area contributed by atoms with E-state index in [0.717, 1.165) is 45.2 Å². The highest BCUT2D eigenvalue weighted by Crippen LogP contribution is 2.33. The van der Waals surface area contributed by atoms with E-state index in [0.29, 0.717) is 5.92 Å². The Morgan fingerprint density at radius 2 is 1.89 bits per heavy atom. The number of rotatable bonds is 4. The molecule has 0 spiro atoms. The molecule has 0 bridgehead atoms. The van der Waals surface area contributed by atoms with Gasteiger partial charge in [0.25, 0.3) is 0 Å². The molecule has 5 heteroatoms. The molecule has 1 saturated carbocycles. The van der Waals surface area contributed by atoms with Crippen LogP contribution in [0.25, 0.3) is 0 Å². The summed E-state index contributed by atoms with van der Waals surface area (Å²) in [6.45, 7) is 3.68. The lowest BCUT2D eigenvalue weighted by molar-refractivity contribution is -0.139. The van der Waals surface area contributed by atoms with E-state index in [4.69, 9.17) is 5.11 Å². The molecule has 2 aliphatic rings. The predicted molar refractivity (Wildman–Crippen MR) is 67.3 cm³/mol. The summed E-state index contributed by atoms with van der Waals surface area (Å²) < 4.78 is 0. The maximum absolute atomic E-state index is 12.0. The fraction of sp³-hybridized carbons (Fsp3) is 0.846. The van der Waals surface area contributed by atoms with Crippen LogP contribution in [0.2, 0.25) is 0 Å². The minimum Gasteiger partial charge on any atom is -0.480 e. The van der Waals surface area contributed by atoms with E-state index in [1.807, 2.05) is 0 Å². The summed E-state index contributed by atoms with van der Waals surface area (Å²) in [5.74, 6) is -0.0540. The number of aliphatic carboxylic acids is 1. The van der Waals surface area contributed by atoms with E-state index in [9.17, 15) is 9.59 Å². The van der Waals surface area contributed by atoms with Crippen LogP contribution in [0.4, 0.5) is 4.79 Å². The van der Waals surface area contributed by atoms with Crippen LogP contribution in [0.3, 0.4) is 0 Å². The molecule has 1 unspecified atom stereocenters. The van der Waals surface area contributed by atoms with Gasteiger partial charge in [-0.1, -0.05) is 13.3 Å². The molecule has 0 aromatic carbocycles. The standard InChI is InChI=1S/C13H22N2O3/c1-2-9-5-7-15(8-6-9)13(18)14-11(12(16)17)10-3-4-10/h9-11H,2-8H2,1H3,(H,14,18)(H,16,17). The maximum Gasteiger partial charge on any atom is 0.326 e. The number of carbonyl (C=O) groups excluding carboxylic acids is 1. The molecule has 0 radical (unpaired) electrons. The molecule has 1 saturated heterocycles. The van der Waals surface area contributed by atoms with Crippen molar-refractivity contribution in [3.05, 3.63) is 0 Å². The molecule has 0 aromatic rings. The molecule has 0 aromatic heterocycles. The molecule has 1 aliphatic carbocycles. The van der Waals surface area contributed by atoms with Gasteiger partial charge >= 0.3 is 12.0 Å². The molecule has 2 N–H and O–H groups in total. The third-order valence-electron chi connectivity index (χ3n) is 4.12. The van der Waals surface area contributed by atoms with Crippen LogP contribution < -0.4 is 5.32 Å². The topological polar surface area (TPSA) is 69.6 Å². The highest BCUT2D eigenvalue weighted by molar-refractivity contribution is 5.83. The van der Waals surface area contributed by atoms with E-state index in [-0.39, 0.29) is 11.9 Å². The van der Waals surface area contributed by atoms with E-state index >= 15 is 0 Å². The molecule has 1 atom stereocenters. The number of nitrogens with one attached hydrogen (secondary N) is 1. The van der Waals surface area contributed by atoms with Crippen molar-refractivity contribution in [2.24, 2.45) is 11.8 Å². The van der Waals surface area contributed by atoms with Crippen LogP contribution >= 0.6 is 0 Å². The number of carboxylic acids is 1. The SMILES string of the molecule is CCC1CCN(C(=O)NC(C(=O)O)C2CC2)CC1. The number of likely N-dealkylation sites (tertiary alicyclic amines) is 1. The van der Waals surface area contributed by atoms with Crippen LogP contribution in [0.5, 0.6) is 0 Å². The molecule has 2 rings (SSSR count). The van der Waals surface area contributed by atoms with E-state index < -0.39 is 12.0 Å². The third kappa shape index (κ3) is 3.15. The summed E-state index contributed by atoms with van der Waals surface area (Å²) in [5, 5.41) is 11.7. The summed E-state index contributed by atoms with van der Waals surface area (Å²) >= 11 is 0. The Morgan fingerprint density at radius 3 is 2.33 bits per heavy atom. The second-order valence-corrected chi connectivity index (χ2v) is 5.44. The summed E-state index contributed by atoms with van der Waals surface area (Å²) in [4.78, 5) is 24.8. The fourth-order valence-electron chi connectivity index (χ4n) is 2.58. The van der Waals surface area contributed by atoms with Crippen LogP contribution in [-0.4, -0.2) is 41.1 Å². The molecular weight excluding hydrogens is 232 g/mol. The van der Waals surface area contributed by atoms with Crippen molar-refractivity contribution in [2.45, 2.75) is 45.1 Å². The van der Waals surface area contributed by atoms with Gasteiger partial charge < -0.3 is 15.3 Å². The first-order valence-electron chi connectivity index (χ1n) is 6.90. The zero-order valence-electron chi connectivity index (χ0n) is 10.9. The van der Waals surface area contributed by atoms with Crippen LogP contribution in [0, 0.1) is 11.8 Å². The Bertz CT molecular complexity index is 320. The Kier molecular flexibility index (Phi) is 4.09. The summed E-state index contributed by atoms with van der Waals surface area (Å²) in [6, 6.07) is -0.898. The molecule has 5 nitrogen and oxygen atoms in total. The van der Waals surface area contributed by atoms with Crippen molar-refractivity contribution in [2.75, 3.05) is 13.1 Å². The van der Waals surface area contributed by atoms with Gasteiger partial charge in [0.05, 0.1) is 0 Å². The second-order valence-electron chi connectivity index (χ2n) is 5.44. The van der Waals surface area contributed by atoms with Gasteiger partial charge in [-0.3, -0.25) is 0 Å². The van der Waals surface area contributed by atoms with Crippen molar-refractivity contribution in [1.29, 1.82) is 0 Å². The molecule has 2 amide bonds. The lowest BCUT2D eigenvalue weighted by Gasteiger charge is -2.32. The number of hydrogen-bond donors (Lipinski definition) is 2. The highest BCUT2D eigenvalue weighted by atomic mass is 16.4. The monoisotopic (exact) mass is 254 g/mol. The van der Waals surface area contributed by atoms with Gasteiger partial charge in [-0.25, -0.2) is 9.59 Å². The number of urea groups is 1. The predicted octanol–water partition coefficient (Wildman–Crippen LogP) is 1.68. The van der Waals surface area contributed by atoms with Crippen molar-refractivity contribution in [3.8, 4) is 0 Å². The Balaban J connectivity index is 1.82. The normalized spacial score (nSPS) is 22.6. The number of nitrogens with zero attached hydrogens (tertiary/aromatic N) is 1. The minimum absolute atomic E-state index is 0.139. The number of piperidine rings is 1. The van der Waals surface area contributed by atoms with Crippen molar-refractivity contribution in [3.63, 3.8) is 0 Å². The minimum atomic E-state index is -0.908. The first-order chi connectivity index (χ1) is 8.61. The number of carboxylic acid groups (broad SMARTS) is 1. The average Bonchev–Trinajstić information content (AvgIpc) is 3.19. The fourth-order valence-corrected chi connectivity index (χ4v) is 2.58. The van der Waals surface area contributed by atoms with Gasteiger partial charge in [0.2, 0.25) is 0 Å². The maximum atomic E-state index is 12.0. The lowest BCUT2D eigenvalue weighted by Crippen LogP contribution is -2.51. The largest absolute Gasteiger partial charge is 0.480 e. The lowest BCUT2D eigenvalue weighted by atomic mass is 9.95. The van der Waals surface area contributed by atoms with Crippen molar-refractivity contribution < 1.29 is 14.7 Å². The average molecular weight is 254 g/mol. The first kappa shape index (κ1) is 13.2. The molecular formula is C13H22N2O3. The van der Waals surface area contributed by atoms with Gasteiger partial charge in [-0.2, -0.15) is 0 Å². The molecule has 1 aliphatic heterocycles. The zero-order chi connectivity index (χ0) is 13.1. The van der Waals surface area contributed by atoms with E-state index in [1.54, 1.807) is 4.90 Å². The highest BCUT2D eigenvalue weighted by Gasteiger charge is 2.38. The molecule has 18 heavy (non-hydrogen) atoms. The molecule has 102 valence electrons. The molecule has 1 heterocycles. The van der Waals surface area contributed by atoms with Crippen molar-refractivity contribution in [1.82, 2.24) is 10.2 Å². The molecule has 2 fully saturated rings. The quantitative estimate of drug-likeness (QED) is 0.802. The van der Waals surface area contributed by atoms with E-state index in [1.165, 1.54) is 0 Å². The summed E-state index contributed by atoms with van der Waals surface area (Å²) in [6.07, 6.45) is 5.05. The number of hydrogen-bond acceptors (Lipinski definition) is 2. The van der Waals surface area contributed by atoms with Gasteiger partial charge in [0, 0.05) is 13.1 Å².